The average Bonchev–Trinajstić information content (AvgIpc) is 3.29. The molecule has 0 saturated heterocycles. The second kappa shape index (κ2) is 9.98. The maximum atomic E-state index is 12.9. The molecule has 6 nitrogen and oxygen atoms in total. The number of amides is 1. The summed E-state index contributed by atoms with van der Waals surface area (Å²) >= 11 is 1.63. The molecule has 0 aliphatic rings. The number of thiophene rings is 1. The summed E-state index contributed by atoms with van der Waals surface area (Å²) in [5, 5.41) is 2.00. The SMILES string of the molecule is CCN(Cc1ccc(OCc2cccs2)c(OC)c1)C(=O)c1ccc(S(C)(=O)=O)cc1. The van der Waals surface area contributed by atoms with Gasteiger partial charge in [0.05, 0.1) is 12.0 Å². The predicted octanol–water partition coefficient (Wildman–Crippen LogP) is 4.40. The standard InChI is InChI=1S/C23H25NO5S2/c1-4-24(23(25)18-8-10-20(11-9-18)31(3,26)27)15-17-7-12-21(22(14-17)28-2)29-16-19-6-5-13-30-19/h5-14H,4,15-16H2,1-3H3. The molecule has 0 radical (unpaired) electrons. The van der Waals surface area contributed by atoms with Crippen LogP contribution in [0.4, 0.5) is 0 Å². The van der Waals surface area contributed by atoms with Crippen LogP contribution in [0.1, 0.15) is 27.7 Å². The Morgan fingerprint density at radius 1 is 1.06 bits per heavy atom. The fourth-order valence-corrected chi connectivity index (χ4v) is 4.29. The number of benzene rings is 2. The van der Waals surface area contributed by atoms with E-state index in [2.05, 4.69) is 0 Å². The third-order valence-electron chi connectivity index (χ3n) is 4.75. The molecule has 3 rings (SSSR count). The lowest BCUT2D eigenvalue weighted by atomic mass is 10.1. The van der Waals surface area contributed by atoms with Gasteiger partial charge in [-0.15, -0.1) is 11.3 Å². The Hall–Kier alpha value is -2.84. The number of carbonyl (C=O) groups excluding carboxylic acids is 1. The van der Waals surface area contributed by atoms with Gasteiger partial charge in [0, 0.05) is 29.8 Å². The predicted molar refractivity (Wildman–Crippen MR) is 122 cm³/mol. The van der Waals surface area contributed by atoms with Crippen molar-refractivity contribution >= 4 is 27.1 Å². The van der Waals surface area contributed by atoms with Crippen molar-refractivity contribution in [2.45, 2.75) is 25.0 Å². The second-order valence-corrected chi connectivity index (χ2v) is 10.0. The van der Waals surface area contributed by atoms with E-state index in [0.717, 1.165) is 16.7 Å². The van der Waals surface area contributed by atoms with E-state index in [9.17, 15) is 13.2 Å². The normalized spacial score (nSPS) is 11.2. The van der Waals surface area contributed by atoms with Crippen LogP contribution in [-0.4, -0.2) is 39.1 Å². The van der Waals surface area contributed by atoms with E-state index < -0.39 is 9.84 Å². The molecule has 3 aromatic rings. The van der Waals surface area contributed by atoms with Gasteiger partial charge in [-0.2, -0.15) is 0 Å². The summed E-state index contributed by atoms with van der Waals surface area (Å²) in [7, 11) is -1.71. The number of hydrogen-bond acceptors (Lipinski definition) is 6. The van der Waals surface area contributed by atoms with E-state index in [-0.39, 0.29) is 10.8 Å². The quantitative estimate of drug-likeness (QED) is 0.474. The van der Waals surface area contributed by atoms with Gasteiger partial charge in [-0.3, -0.25) is 4.79 Å². The molecule has 0 aliphatic carbocycles. The van der Waals surface area contributed by atoms with E-state index in [4.69, 9.17) is 9.47 Å². The third-order valence-corrected chi connectivity index (χ3v) is 6.73. The molecule has 1 amide bonds. The maximum Gasteiger partial charge on any atom is 0.254 e. The Bertz CT molecular complexity index is 1120. The van der Waals surface area contributed by atoms with E-state index in [1.54, 1.807) is 35.5 Å². The first-order valence-corrected chi connectivity index (χ1v) is 12.5. The lowest BCUT2D eigenvalue weighted by molar-refractivity contribution is 0.0752. The smallest absolute Gasteiger partial charge is 0.254 e. The fourth-order valence-electron chi connectivity index (χ4n) is 3.05. The number of nitrogens with zero attached hydrogens (tertiary/aromatic N) is 1. The first-order valence-electron chi connectivity index (χ1n) is 9.73. The number of sulfone groups is 1. The maximum absolute atomic E-state index is 12.9. The van der Waals surface area contributed by atoms with Crippen molar-refractivity contribution in [1.82, 2.24) is 4.90 Å². The molecule has 0 saturated carbocycles. The van der Waals surface area contributed by atoms with Gasteiger partial charge in [0.25, 0.3) is 5.91 Å². The van der Waals surface area contributed by atoms with Crippen molar-refractivity contribution in [3.63, 3.8) is 0 Å². The molecule has 0 spiro atoms. The van der Waals surface area contributed by atoms with Crippen molar-refractivity contribution in [3.8, 4) is 11.5 Å². The zero-order chi connectivity index (χ0) is 22.4. The van der Waals surface area contributed by atoms with Gasteiger partial charge in [-0.1, -0.05) is 12.1 Å². The largest absolute Gasteiger partial charge is 0.493 e. The Kier molecular flexibility index (Phi) is 7.35. The van der Waals surface area contributed by atoms with Crippen LogP contribution in [-0.2, 0) is 23.0 Å². The minimum absolute atomic E-state index is 0.167. The zero-order valence-corrected chi connectivity index (χ0v) is 19.3. The van der Waals surface area contributed by atoms with Gasteiger partial charge in [0.2, 0.25) is 0 Å². The Balaban J connectivity index is 1.72. The molecule has 0 N–H and O–H groups in total. The highest BCUT2D eigenvalue weighted by molar-refractivity contribution is 7.90. The summed E-state index contributed by atoms with van der Waals surface area (Å²) in [4.78, 5) is 15.9. The Labute approximate surface area is 187 Å². The van der Waals surface area contributed by atoms with Crippen molar-refractivity contribution < 1.29 is 22.7 Å². The topological polar surface area (TPSA) is 72.9 Å². The summed E-state index contributed by atoms with van der Waals surface area (Å²) in [6.07, 6.45) is 1.14. The molecule has 1 aromatic heterocycles. The van der Waals surface area contributed by atoms with E-state index in [1.807, 2.05) is 42.6 Å². The molecule has 1 heterocycles. The first-order chi connectivity index (χ1) is 14.8. The molecule has 31 heavy (non-hydrogen) atoms. The number of hydrogen-bond donors (Lipinski definition) is 0. The minimum atomic E-state index is -3.30. The fraction of sp³-hybridized carbons (Fsp3) is 0.261. The van der Waals surface area contributed by atoms with Crippen LogP contribution in [0.5, 0.6) is 11.5 Å². The Morgan fingerprint density at radius 2 is 1.81 bits per heavy atom. The van der Waals surface area contributed by atoms with E-state index in [1.165, 1.54) is 12.1 Å². The molecule has 0 fully saturated rings. The Morgan fingerprint density at radius 3 is 2.39 bits per heavy atom. The number of ether oxygens (including phenoxy) is 2. The molecule has 164 valence electrons. The molecule has 2 aromatic carbocycles. The van der Waals surface area contributed by atoms with E-state index in [0.29, 0.717) is 36.8 Å². The number of rotatable bonds is 9. The highest BCUT2D eigenvalue weighted by Crippen LogP contribution is 2.30. The van der Waals surface area contributed by atoms with Gasteiger partial charge in [-0.05, 0) is 60.3 Å². The molecule has 0 unspecified atom stereocenters. The van der Waals surface area contributed by atoms with Gasteiger partial charge < -0.3 is 14.4 Å². The molecule has 0 atom stereocenters. The van der Waals surface area contributed by atoms with E-state index >= 15 is 0 Å². The van der Waals surface area contributed by atoms with Crippen LogP contribution in [0.25, 0.3) is 0 Å². The molecular formula is C23H25NO5S2. The van der Waals surface area contributed by atoms with Gasteiger partial charge in [0.15, 0.2) is 21.3 Å². The van der Waals surface area contributed by atoms with Gasteiger partial charge in [0.1, 0.15) is 6.61 Å². The van der Waals surface area contributed by atoms with Crippen molar-refractivity contribution in [3.05, 3.63) is 76.0 Å². The van der Waals surface area contributed by atoms with Crippen molar-refractivity contribution in [2.24, 2.45) is 0 Å². The lowest BCUT2D eigenvalue weighted by Crippen LogP contribution is -2.30. The summed E-state index contributed by atoms with van der Waals surface area (Å²) in [5.74, 6) is 1.08. The summed E-state index contributed by atoms with van der Waals surface area (Å²) in [6.45, 7) is 3.27. The first kappa shape index (κ1) is 22.8. The zero-order valence-electron chi connectivity index (χ0n) is 17.7. The number of carbonyl (C=O) groups is 1. The van der Waals surface area contributed by atoms with Gasteiger partial charge in [-0.25, -0.2) is 8.42 Å². The lowest BCUT2D eigenvalue weighted by Gasteiger charge is -2.22. The second-order valence-electron chi connectivity index (χ2n) is 6.97. The van der Waals surface area contributed by atoms with Crippen LogP contribution in [0.15, 0.2) is 64.9 Å². The third kappa shape index (κ3) is 5.86. The summed E-state index contributed by atoms with van der Waals surface area (Å²) < 4.78 is 34.6. The summed E-state index contributed by atoms with van der Waals surface area (Å²) in [5.41, 5.74) is 1.35. The monoisotopic (exact) mass is 459 g/mol. The average molecular weight is 460 g/mol. The molecule has 0 aliphatic heterocycles. The van der Waals surface area contributed by atoms with Crippen molar-refractivity contribution in [1.29, 1.82) is 0 Å². The van der Waals surface area contributed by atoms with Crippen LogP contribution < -0.4 is 9.47 Å². The molecule has 0 bridgehead atoms. The van der Waals surface area contributed by atoms with Crippen LogP contribution >= 0.6 is 11.3 Å². The minimum Gasteiger partial charge on any atom is -0.493 e. The van der Waals surface area contributed by atoms with Crippen molar-refractivity contribution in [2.75, 3.05) is 19.9 Å². The number of methoxy groups -OCH3 is 1. The van der Waals surface area contributed by atoms with Gasteiger partial charge >= 0.3 is 0 Å². The highest BCUT2D eigenvalue weighted by atomic mass is 32.2. The summed E-state index contributed by atoms with van der Waals surface area (Å²) in [6, 6.07) is 15.6. The molecule has 8 heteroatoms. The van der Waals surface area contributed by atoms with Crippen LogP contribution in [0, 0.1) is 0 Å². The van der Waals surface area contributed by atoms with Crippen LogP contribution in [0.2, 0.25) is 0 Å². The highest BCUT2D eigenvalue weighted by Gasteiger charge is 2.17. The molecular weight excluding hydrogens is 434 g/mol. The van der Waals surface area contributed by atoms with Crippen LogP contribution in [0.3, 0.4) is 0 Å².